The van der Waals surface area contributed by atoms with Crippen LogP contribution in [0.1, 0.15) is 24.7 Å². The Labute approximate surface area is 124 Å². The summed E-state index contributed by atoms with van der Waals surface area (Å²) in [5, 5.41) is 2.42. The van der Waals surface area contributed by atoms with Crippen LogP contribution < -0.4 is 11.1 Å². The van der Waals surface area contributed by atoms with Crippen LogP contribution in [0.2, 0.25) is 0 Å². The minimum Gasteiger partial charge on any atom is -0.350 e. The average Bonchev–Trinajstić information content (AvgIpc) is 2.86. The predicted octanol–water partition coefficient (Wildman–Crippen LogP) is 1.39. The molecule has 0 aliphatic rings. The van der Waals surface area contributed by atoms with Crippen molar-refractivity contribution in [3.63, 3.8) is 0 Å². The van der Waals surface area contributed by atoms with Gasteiger partial charge in [-0.3, -0.25) is 9.20 Å². The van der Waals surface area contributed by atoms with E-state index in [9.17, 15) is 18.0 Å². The van der Waals surface area contributed by atoms with E-state index in [0.29, 0.717) is 17.2 Å². The fourth-order valence-corrected chi connectivity index (χ4v) is 1.81. The number of hydrogen-bond donors (Lipinski definition) is 2. The molecule has 0 spiro atoms. The standard InChI is InChI=1S/C13H16F3N5O/c1-8(13(14,15)16)4-11(22)18-6-9-2-3-21-7-10(5-17)20-12(21)19-9/h2-3,7-8H,4-6,17H2,1H3,(H,18,22). The molecule has 2 aromatic rings. The summed E-state index contributed by atoms with van der Waals surface area (Å²) in [5.41, 5.74) is 6.66. The van der Waals surface area contributed by atoms with Crippen LogP contribution in [0, 0.1) is 5.92 Å². The minimum atomic E-state index is -4.37. The highest BCUT2D eigenvalue weighted by atomic mass is 19.4. The lowest BCUT2D eigenvalue weighted by molar-refractivity contribution is -0.174. The lowest BCUT2D eigenvalue weighted by atomic mass is 10.1. The van der Waals surface area contributed by atoms with E-state index < -0.39 is 24.4 Å². The number of amides is 1. The van der Waals surface area contributed by atoms with Gasteiger partial charge in [0.15, 0.2) is 0 Å². The van der Waals surface area contributed by atoms with Gasteiger partial charge in [-0.25, -0.2) is 9.97 Å². The van der Waals surface area contributed by atoms with Crippen molar-refractivity contribution in [1.82, 2.24) is 19.7 Å². The first-order valence-electron chi connectivity index (χ1n) is 6.66. The zero-order valence-corrected chi connectivity index (χ0v) is 11.9. The molecular formula is C13H16F3N5O. The zero-order chi connectivity index (χ0) is 16.3. The van der Waals surface area contributed by atoms with E-state index in [1.54, 1.807) is 22.9 Å². The van der Waals surface area contributed by atoms with Crippen molar-refractivity contribution < 1.29 is 18.0 Å². The maximum atomic E-state index is 12.4. The predicted molar refractivity (Wildman–Crippen MR) is 72.6 cm³/mol. The van der Waals surface area contributed by atoms with Crippen LogP contribution in [0.5, 0.6) is 0 Å². The van der Waals surface area contributed by atoms with Gasteiger partial charge in [0.05, 0.1) is 23.9 Å². The SMILES string of the molecule is CC(CC(=O)NCc1ccn2cc(CN)nc2n1)C(F)(F)F. The van der Waals surface area contributed by atoms with Gasteiger partial charge in [0, 0.05) is 25.4 Å². The van der Waals surface area contributed by atoms with Crippen LogP contribution in [-0.4, -0.2) is 26.5 Å². The average molecular weight is 315 g/mol. The summed E-state index contributed by atoms with van der Waals surface area (Å²) >= 11 is 0. The molecule has 0 fully saturated rings. The number of rotatable bonds is 5. The lowest BCUT2D eigenvalue weighted by Crippen LogP contribution is -2.30. The maximum absolute atomic E-state index is 12.4. The molecule has 0 aliphatic carbocycles. The number of nitrogens with one attached hydrogen (secondary N) is 1. The topological polar surface area (TPSA) is 85.3 Å². The third-order valence-electron chi connectivity index (χ3n) is 3.16. The first-order chi connectivity index (χ1) is 10.3. The second-order valence-electron chi connectivity index (χ2n) is 4.99. The van der Waals surface area contributed by atoms with Crippen LogP contribution in [0.3, 0.4) is 0 Å². The second-order valence-corrected chi connectivity index (χ2v) is 4.99. The molecule has 0 saturated carbocycles. The van der Waals surface area contributed by atoms with Crippen molar-refractivity contribution in [3.8, 4) is 0 Å². The van der Waals surface area contributed by atoms with Crippen molar-refractivity contribution in [2.75, 3.05) is 0 Å². The van der Waals surface area contributed by atoms with Crippen molar-refractivity contribution in [2.24, 2.45) is 11.7 Å². The highest BCUT2D eigenvalue weighted by Crippen LogP contribution is 2.27. The highest BCUT2D eigenvalue weighted by Gasteiger charge is 2.37. The van der Waals surface area contributed by atoms with Gasteiger partial charge in [-0.05, 0) is 6.07 Å². The Hall–Kier alpha value is -2.16. The van der Waals surface area contributed by atoms with E-state index in [1.165, 1.54) is 0 Å². The van der Waals surface area contributed by atoms with E-state index in [2.05, 4.69) is 15.3 Å². The van der Waals surface area contributed by atoms with Gasteiger partial charge in [-0.1, -0.05) is 6.92 Å². The number of alkyl halides is 3. The Balaban J connectivity index is 1.95. The number of fused-ring (bicyclic) bond motifs is 1. The third kappa shape index (κ3) is 3.94. The summed E-state index contributed by atoms with van der Waals surface area (Å²) in [6, 6.07) is 1.66. The van der Waals surface area contributed by atoms with Crippen molar-refractivity contribution in [3.05, 3.63) is 29.8 Å². The minimum absolute atomic E-state index is 0.0464. The molecule has 2 rings (SSSR count). The Kier molecular flexibility index (Phi) is 4.65. The van der Waals surface area contributed by atoms with Crippen molar-refractivity contribution >= 4 is 11.7 Å². The van der Waals surface area contributed by atoms with E-state index in [1.807, 2.05) is 0 Å². The fraction of sp³-hybridized carbons (Fsp3) is 0.462. The molecule has 2 heterocycles. The Morgan fingerprint density at radius 1 is 1.41 bits per heavy atom. The summed E-state index contributed by atoms with van der Waals surface area (Å²) in [4.78, 5) is 19.9. The van der Waals surface area contributed by atoms with E-state index in [0.717, 1.165) is 6.92 Å². The normalized spacial score (nSPS) is 13.3. The van der Waals surface area contributed by atoms with Gasteiger partial charge in [-0.15, -0.1) is 0 Å². The molecule has 120 valence electrons. The monoisotopic (exact) mass is 315 g/mol. The molecular weight excluding hydrogens is 299 g/mol. The molecule has 0 bridgehead atoms. The summed E-state index contributed by atoms with van der Waals surface area (Å²) in [6.45, 7) is 1.30. The largest absolute Gasteiger partial charge is 0.392 e. The van der Waals surface area contributed by atoms with Gasteiger partial charge in [0.1, 0.15) is 0 Å². The van der Waals surface area contributed by atoms with E-state index in [-0.39, 0.29) is 13.1 Å². The molecule has 1 atom stereocenters. The number of nitrogens with two attached hydrogens (primary N) is 1. The highest BCUT2D eigenvalue weighted by molar-refractivity contribution is 5.76. The van der Waals surface area contributed by atoms with Gasteiger partial charge < -0.3 is 11.1 Å². The number of imidazole rings is 1. The Bertz CT molecular complexity index is 667. The van der Waals surface area contributed by atoms with Crippen LogP contribution in [0.4, 0.5) is 13.2 Å². The molecule has 0 saturated heterocycles. The number of aromatic nitrogens is 3. The smallest absolute Gasteiger partial charge is 0.350 e. The number of carbonyl (C=O) groups excluding carboxylic acids is 1. The fourth-order valence-electron chi connectivity index (χ4n) is 1.81. The maximum Gasteiger partial charge on any atom is 0.392 e. The number of hydrogen-bond acceptors (Lipinski definition) is 4. The first-order valence-corrected chi connectivity index (χ1v) is 6.66. The summed E-state index contributed by atoms with van der Waals surface area (Å²) in [5.74, 6) is -1.92. The van der Waals surface area contributed by atoms with E-state index >= 15 is 0 Å². The van der Waals surface area contributed by atoms with Gasteiger partial charge >= 0.3 is 6.18 Å². The zero-order valence-electron chi connectivity index (χ0n) is 11.9. The summed E-state index contributed by atoms with van der Waals surface area (Å²) in [7, 11) is 0. The van der Waals surface area contributed by atoms with Crippen LogP contribution in [-0.2, 0) is 17.9 Å². The summed E-state index contributed by atoms with van der Waals surface area (Å²) in [6.07, 6.45) is -1.54. The molecule has 9 heteroatoms. The molecule has 0 aromatic carbocycles. The number of carbonyl (C=O) groups is 1. The van der Waals surface area contributed by atoms with E-state index in [4.69, 9.17) is 5.73 Å². The Morgan fingerprint density at radius 3 is 2.73 bits per heavy atom. The molecule has 0 aliphatic heterocycles. The van der Waals surface area contributed by atoms with Crippen molar-refractivity contribution in [1.29, 1.82) is 0 Å². The third-order valence-corrected chi connectivity index (χ3v) is 3.16. The van der Waals surface area contributed by atoms with Gasteiger partial charge in [-0.2, -0.15) is 13.2 Å². The Morgan fingerprint density at radius 2 is 2.09 bits per heavy atom. The second kappa shape index (κ2) is 6.30. The lowest BCUT2D eigenvalue weighted by Gasteiger charge is -2.14. The van der Waals surface area contributed by atoms with Gasteiger partial charge in [0.2, 0.25) is 11.7 Å². The quantitative estimate of drug-likeness (QED) is 0.873. The molecule has 3 N–H and O–H groups in total. The first kappa shape index (κ1) is 16.2. The van der Waals surface area contributed by atoms with Crippen LogP contribution in [0.25, 0.3) is 5.78 Å². The number of halogens is 3. The molecule has 0 radical (unpaired) electrons. The molecule has 6 nitrogen and oxygen atoms in total. The number of nitrogens with zero attached hydrogens (tertiary/aromatic N) is 3. The van der Waals surface area contributed by atoms with Gasteiger partial charge in [0.25, 0.3) is 0 Å². The van der Waals surface area contributed by atoms with Crippen LogP contribution >= 0.6 is 0 Å². The molecule has 1 amide bonds. The molecule has 1 unspecified atom stereocenters. The molecule has 2 aromatic heterocycles. The van der Waals surface area contributed by atoms with Crippen molar-refractivity contribution in [2.45, 2.75) is 32.6 Å². The molecule has 22 heavy (non-hydrogen) atoms. The summed E-state index contributed by atoms with van der Waals surface area (Å²) < 4.78 is 38.8. The van der Waals surface area contributed by atoms with Crippen LogP contribution in [0.15, 0.2) is 18.5 Å².